The molecule has 0 spiro atoms. The molecule has 1 aromatic heterocycles. The van der Waals surface area contributed by atoms with E-state index in [-0.39, 0.29) is 23.1 Å². The predicted molar refractivity (Wildman–Crippen MR) is 116 cm³/mol. The van der Waals surface area contributed by atoms with Crippen LogP contribution in [0, 0.1) is 6.92 Å². The van der Waals surface area contributed by atoms with Crippen molar-refractivity contribution in [3.05, 3.63) is 95.7 Å². The predicted octanol–water partition coefficient (Wildman–Crippen LogP) is 4.47. The first-order valence-electron chi connectivity index (χ1n) is 9.37. The summed E-state index contributed by atoms with van der Waals surface area (Å²) >= 11 is 0. The van der Waals surface area contributed by atoms with Crippen molar-refractivity contribution in [3.8, 4) is 0 Å². The lowest BCUT2D eigenvalue weighted by Crippen LogP contribution is -2.23. The minimum Gasteiger partial charge on any atom is -0.451 e. The first-order valence-corrected chi connectivity index (χ1v) is 10.9. The number of amides is 1. The monoisotopic (exact) mass is 420 g/mol. The number of para-hydroxylation sites is 1. The molecule has 4 rings (SSSR count). The van der Waals surface area contributed by atoms with E-state index in [0.29, 0.717) is 11.3 Å². The zero-order chi connectivity index (χ0) is 21.1. The number of carbonyl (C=O) groups excluding carboxylic acids is 1. The number of benzene rings is 3. The van der Waals surface area contributed by atoms with Gasteiger partial charge in [0.2, 0.25) is 10.0 Å². The quantitative estimate of drug-likeness (QED) is 0.482. The normalized spacial score (nSPS) is 11.5. The molecular weight excluding hydrogens is 400 g/mol. The van der Waals surface area contributed by atoms with Gasteiger partial charge in [-0.1, -0.05) is 48.5 Å². The number of fused-ring (bicyclic) bond motifs is 1. The van der Waals surface area contributed by atoms with Crippen LogP contribution in [0.15, 0.2) is 88.2 Å². The zero-order valence-electron chi connectivity index (χ0n) is 16.3. The van der Waals surface area contributed by atoms with Crippen LogP contribution in [0.2, 0.25) is 0 Å². The molecule has 6 nitrogen and oxygen atoms in total. The summed E-state index contributed by atoms with van der Waals surface area (Å²) in [4.78, 5) is 12.7. The van der Waals surface area contributed by atoms with Gasteiger partial charge in [0.1, 0.15) is 5.58 Å². The first kappa shape index (κ1) is 19.9. The molecule has 0 aliphatic rings. The fraction of sp³-hybridized carbons (Fsp3) is 0.0870. The third kappa shape index (κ3) is 4.12. The van der Waals surface area contributed by atoms with Crippen LogP contribution in [0.5, 0.6) is 0 Å². The summed E-state index contributed by atoms with van der Waals surface area (Å²) in [7, 11) is -3.66. The van der Waals surface area contributed by atoms with Crippen LogP contribution >= 0.6 is 0 Å². The van der Waals surface area contributed by atoms with Crippen LogP contribution in [0.4, 0.5) is 5.69 Å². The topological polar surface area (TPSA) is 88.4 Å². The molecule has 152 valence electrons. The molecular formula is C23H20N2O4S. The van der Waals surface area contributed by atoms with Crippen molar-refractivity contribution in [2.75, 3.05) is 5.32 Å². The smallest absolute Gasteiger partial charge is 0.291 e. The van der Waals surface area contributed by atoms with Crippen LogP contribution in [-0.2, 0) is 16.6 Å². The average Bonchev–Trinajstić information content (AvgIpc) is 3.10. The Morgan fingerprint density at radius 1 is 0.900 bits per heavy atom. The minimum atomic E-state index is -3.66. The number of rotatable bonds is 6. The molecule has 0 unspecified atom stereocenters. The van der Waals surface area contributed by atoms with Crippen LogP contribution in [0.25, 0.3) is 11.0 Å². The highest BCUT2D eigenvalue weighted by Crippen LogP contribution is 2.25. The third-order valence-electron chi connectivity index (χ3n) is 4.78. The Labute approximate surface area is 174 Å². The second-order valence-corrected chi connectivity index (χ2v) is 8.61. The van der Waals surface area contributed by atoms with E-state index in [1.807, 2.05) is 55.5 Å². The zero-order valence-corrected chi connectivity index (χ0v) is 17.1. The molecule has 3 aromatic carbocycles. The van der Waals surface area contributed by atoms with Gasteiger partial charge in [-0.15, -0.1) is 0 Å². The summed E-state index contributed by atoms with van der Waals surface area (Å²) in [6, 6.07) is 22.7. The molecule has 0 saturated carbocycles. The third-order valence-corrected chi connectivity index (χ3v) is 6.20. The van der Waals surface area contributed by atoms with Gasteiger partial charge in [0.05, 0.1) is 4.90 Å². The first-order chi connectivity index (χ1) is 14.4. The fourth-order valence-electron chi connectivity index (χ4n) is 3.15. The average molecular weight is 420 g/mol. The summed E-state index contributed by atoms with van der Waals surface area (Å²) in [5, 5.41) is 3.63. The van der Waals surface area contributed by atoms with Crippen molar-refractivity contribution in [2.24, 2.45) is 0 Å². The molecule has 0 atom stereocenters. The van der Waals surface area contributed by atoms with Gasteiger partial charge in [-0.25, -0.2) is 13.1 Å². The van der Waals surface area contributed by atoms with Gasteiger partial charge in [0.25, 0.3) is 5.91 Å². The van der Waals surface area contributed by atoms with Crippen molar-refractivity contribution in [1.82, 2.24) is 4.72 Å². The van der Waals surface area contributed by atoms with Crippen molar-refractivity contribution in [1.29, 1.82) is 0 Å². The lowest BCUT2D eigenvalue weighted by Gasteiger charge is -2.08. The van der Waals surface area contributed by atoms with Gasteiger partial charge in [0, 0.05) is 23.2 Å². The van der Waals surface area contributed by atoms with E-state index in [2.05, 4.69) is 10.0 Å². The Hall–Kier alpha value is -3.42. The lowest BCUT2D eigenvalue weighted by atomic mass is 10.1. The van der Waals surface area contributed by atoms with E-state index in [1.165, 1.54) is 12.1 Å². The number of hydrogen-bond acceptors (Lipinski definition) is 4. The molecule has 0 fully saturated rings. The van der Waals surface area contributed by atoms with E-state index >= 15 is 0 Å². The summed E-state index contributed by atoms with van der Waals surface area (Å²) in [5.74, 6) is -0.154. The summed E-state index contributed by atoms with van der Waals surface area (Å²) < 4.78 is 33.2. The summed E-state index contributed by atoms with van der Waals surface area (Å²) in [6.45, 7) is 2.03. The Balaban J connectivity index is 1.46. The molecule has 2 N–H and O–H groups in total. The number of carbonyl (C=O) groups is 1. The number of aryl methyl sites for hydroxylation is 1. The molecule has 0 radical (unpaired) electrons. The number of sulfonamides is 1. The van der Waals surface area contributed by atoms with E-state index < -0.39 is 10.0 Å². The van der Waals surface area contributed by atoms with Gasteiger partial charge in [0.15, 0.2) is 5.76 Å². The Bertz CT molecular complexity index is 1290. The summed E-state index contributed by atoms with van der Waals surface area (Å²) in [5.41, 5.74) is 2.74. The highest BCUT2D eigenvalue weighted by atomic mass is 32.2. The lowest BCUT2D eigenvalue weighted by molar-refractivity contribution is 0.0998. The Morgan fingerprint density at radius 3 is 2.27 bits per heavy atom. The second kappa shape index (κ2) is 8.14. The van der Waals surface area contributed by atoms with Crippen molar-refractivity contribution >= 4 is 32.6 Å². The fourth-order valence-corrected chi connectivity index (χ4v) is 4.17. The maximum atomic E-state index is 12.6. The van der Waals surface area contributed by atoms with Crippen LogP contribution in [0.3, 0.4) is 0 Å². The second-order valence-electron chi connectivity index (χ2n) is 6.84. The van der Waals surface area contributed by atoms with Crippen LogP contribution < -0.4 is 10.0 Å². The highest BCUT2D eigenvalue weighted by Gasteiger charge is 2.18. The molecule has 0 aliphatic heterocycles. The Morgan fingerprint density at radius 2 is 1.57 bits per heavy atom. The standard InChI is InChI=1S/C23H20N2O4S/c1-16-20-9-5-6-10-21(20)29-22(16)23(26)25-18-11-13-19(14-12-18)30(27,28)24-15-17-7-3-2-4-8-17/h2-14,24H,15H2,1H3,(H,25,26). The van der Waals surface area contributed by atoms with Crippen LogP contribution in [-0.4, -0.2) is 14.3 Å². The number of nitrogens with one attached hydrogen (secondary N) is 2. The van der Waals surface area contributed by atoms with E-state index in [0.717, 1.165) is 16.5 Å². The molecule has 1 heterocycles. The van der Waals surface area contributed by atoms with Crippen molar-refractivity contribution in [3.63, 3.8) is 0 Å². The molecule has 0 bridgehead atoms. The van der Waals surface area contributed by atoms with Crippen LogP contribution in [0.1, 0.15) is 21.7 Å². The highest BCUT2D eigenvalue weighted by molar-refractivity contribution is 7.89. The molecule has 1 amide bonds. The van der Waals surface area contributed by atoms with Gasteiger partial charge >= 0.3 is 0 Å². The maximum Gasteiger partial charge on any atom is 0.291 e. The van der Waals surface area contributed by atoms with Crippen molar-refractivity contribution in [2.45, 2.75) is 18.4 Å². The number of anilines is 1. The van der Waals surface area contributed by atoms with Gasteiger partial charge in [-0.05, 0) is 42.8 Å². The largest absolute Gasteiger partial charge is 0.451 e. The minimum absolute atomic E-state index is 0.122. The van der Waals surface area contributed by atoms with E-state index in [9.17, 15) is 13.2 Å². The van der Waals surface area contributed by atoms with Crippen molar-refractivity contribution < 1.29 is 17.6 Å². The molecule has 7 heteroatoms. The van der Waals surface area contributed by atoms with Gasteiger partial charge < -0.3 is 9.73 Å². The number of furan rings is 1. The van der Waals surface area contributed by atoms with Gasteiger partial charge in [-0.2, -0.15) is 0 Å². The molecule has 4 aromatic rings. The molecule has 0 saturated heterocycles. The Kier molecular flexibility index (Phi) is 5.39. The van der Waals surface area contributed by atoms with Gasteiger partial charge in [-0.3, -0.25) is 4.79 Å². The maximum absolute atomic E-state index is 12.6. The van der Waals surface area contributed by atoms with E-state index in [1.54, 1.807) is 18.2 Å². The molecule has 0 aliphatic carbocycles. The SMILES string of the molecule is Cc1c(C(=O)Nc2ccc(S(=O)(=O)NCc3ccccc3)cc2)oc2ccccc12. The number of hydrogen-bond donors (Lipinski definition) is 2. The molecule has 30 heavy (non-hydrogen) atoms. The summed E-state index contributed by atoms with van der Waals surface area (Å²) in [6.07, 6.45) is 0. The van der Waals surface area contributed by atoms with E-state index in [4.69, 9.17) is 4.42 Å².